The Morgan fingerprint density at radius 2 is 1.68 bits per heavy atom. The summed E-state index contributed by atoms with van der Waals surface area (Å²) < 4.78 is 32.5. The summed E-state index contributed by atoms with van der Waals surface area (Å²) in [4.78, 5) is 0.279. The van der Waals surface area contributed by atoms with Gasteiger partial charge in [0.05, 0.1) is 17.7 Å². The molecule has 1 aliphatic rings. The molecule has 5 heteroatoms. The molecule has 0 fully saturated rings. The van der Waals surface area contributed by atoms with Gasteiger partial charge in [-0.1, -0.05) is 32.0 Å². The Balaban J connectivity index is 2.07. The van der Waals surface area contributed by atoms with Gasteiger partial charge in [-0.15, -0.1) is 0 Å². The smallest absolute Gasteiger partial charge is 0.264 e. The molecule has 4 nitrogen and oxygen atoms in total. The van der Waals surface area contributed by atoms with E-state index in [1.807, 2.05) is 24.3 Å². The predicted molar refractivity (Wildman–Crippen MR) is 87.0 cm³/mol. The Morgan fingerprint density at radius 3 is 2.32 bits per heavy atom. The maximum Gasteiger partial charge on any atom is 0.264 e. The van der Waals surface area contributed by atoms with Gasteiger partial charge >= 0.3 is 0 Å². The molecule has 0 unspecified atom stereocenters. The number of rotatable bonds is 3. The fourth-order valence-electron chi connectivity index (χ4n) is 2.88. The van der Waals surface area contributed by atoms with E-state index in [1.54, 1.807) is 31.4 Å². The zero-order chi connectivity index (χ0) is 16.0. The molecule has 0 radical (unpaired) electrons. The minimum absolute atomic E-state index is 0.198. The summed E-state index contributed by atoms with van der Waals surface area (Å²) in [6.45, 7) is 4.57. The highest BCUT2D eigenvalue weighted by Crippen LogP contribution is 2.42. The second kappa shape index (κ2) is 5.02. The molecule has 0 N–H and O–H groups in total. The molecule has 0 saturated heterocycles. The number of ether oxygens (including phenoxy) is 1. The minimum Gasteiger partial charge on any atom is -0.497 e. The van der Waals surface area contributed by atoms with Crippen molar-refractivity contribution < 1.29 is 13.2 Å². The molecule has 0 amide bonds. The molecular weight excluding hydrogens is 298 g/mol. The Kier molecular flexibility index (Phi) is 3.40. The summed E-state index contributed by atoms with van der Waals surface area (Å²) in [6.07, 6.45) is 0. The summed E-state index contributed by atoms with van der Waals surface area (Å²) in [5.74, 6) is 0.640. The van der Waals surface area contributed by atoms with Crippen molar-refractivity contribution in [3.05, 3.63) is 54.1 Å². The summed E-state index contributed by atoms with van der Waals surface area (Å²) in [5.41, 5.74) is 1.63. The van der Waals surface area contributed by atoms with Gasteiger partial charge in [0.1, 0.15) is 5.75 Å². The first-order valence-electron chi connectivity index (χ1n) is 7.12. The van der Waals surface area contributed by atoms with Crippen LogP contribution in [-0.4, -0.2) is 22.1 Å². The Bertz CT molecular complexity index is 795. The molecule has 0 aromatic heterocycles. The van der Waals surface area contributed by atoms with E-state index in [1.165, 1.54) is 4.31 Å². The number of benzene rings is 2. The average molecular weight is 317 g/mol. The second-order valence-corrected chi connectivity index (χ2v) is 7.95. The van der Waals surface area contributed by atoms with Crippen LogP contribution in [0.3, 0.4) is 0 Å². The highest BCUT2D eigenvalue weighted by molar-refractivity contribution is 7.92. The lowest BCUT2D eigenvalue weighted by molar-refractivity contribution is 0.414. The number of methoxy groups -OCH3 is 1. The molecule has 0 bridgehead atoms. The largest absolute Gasteiger partial charge is 0.497 e. The first kappa shape index (κ1) is 14.9. The number of hydrogen-bond donors (Lipinski definition) is 0. The molecule has 116 valence electrons. The first-order chi connectivity index (χ1) is 10.4. The molecule has 3 rings (SSSR count). The van der Waals surface area contributed by atoms with Crippen LogP contribution in [0.1, 0.15) is 19.4 Å². The van der Waals surface area contributed by atoms with Gasteiger partial charge in [-0.05, 0) is 35.9 Å². The van der Waals surface area contributed by atoms with Gasteiger partial charge in [-0.3, -0.25) is 4.31 Å². The minimum atomic E-state index is -3.57. The van der Waals surface area contributed by atoms with Gasteiger partial charge in [-0.25, -0.2) is 8.42 Å². The molecule has 1 aliphatic heterocycles. The van der Waals surface area contributed by atoms with Gasteiger partial charge in [-0.2, -0.15) is 0 Å². The van der Waals surface area contributed by atoms with Gasteiger partial charge in [0, 0.05) is 12.0 Å². The molecule has 22 heavy (non-hydrogen) atoms. The lowest BCUT2D eigenvalue weighted by Gasteiger charge is -2.22. The monoisotopic (exact) mass is 317 g/mol. The standard InChI is InChI=1S/C17H19NO3S/c1-17(2)12-18(16-7-5-4-6-15(16)17)22(19,20)14-10-8-13(21-3)9-11-14/h4-11H,12H2,1-3H3. The van der Waals surface area contributed by atoms with Crippen molar-refractivity contribution in [2.45, 2.75) is 24.2 Å². The highest BCUT2D eigenvalue weighted by atomic mass is 32.2. The second-order valence-electron chi connectivity index (χ2n) is 6.09. The molecule has 0 aliphatic carbocycles. The van der Waals surface area contributed by atoms with Crippen LogP contribution in [0.4, 0.5) is 5.69 Å². The zero-order valence-electron chi connectivity index (χ0n) is 12.9. The number of nitrogens with zero attached hydrogens (tertiary/aromatic N) is 1. The van der Waals surface area contributed by atoms with Crippen molar-refractivity contribution in [2.24, 2.45) is 0 Å². The Labute approximate surface area is 131 Å². The lowest BCUT2D eigenvalue weighted by atomic mass is 9.87. The van der Waals surface area contributed by atoms with Crippen LogP contribution in [0.15, 0.2) is 53.4 Å². The molecule has 1 heterocycles. The van der Waals surface area contributed by atoms with Crippen LogP contribution in [-0.2, 0) is 15.4 Å². The van der Waals surface area contributed by atoms with Gasteiger partial charge in [0.2, 0.25) is 0 Å². The molecule has 0 atom stereocenters. The Hall–Kier alpha value is -2.01. The molecule has 0 spiro atoms. The van der Waals surface area contributed by atoms with E-state index in [9.17, 15) is 8.42 Å². The van der Waals surface area contributed by atoms with Crippen molar-refractivity contribution >= 4 is 15.7 Å². The van der Waals surface area contributed by atoms with Crippen LogP contribution in [0.25, 0.3) is 0 Å². The third-order valence-corrected chi connectivity index (χ3v) is 5.86. The van der Waals surface area contributed by atoms with E-state index in [0.29, 0.717) is 12.3 Å². The summed E-state index contributed by atoms with van der Waals surface area (Å²) >= 11 is 0. The van der Waals surface area contributed by atoms with Gasteiger partial charge < -0.3 is 4.74 Å². The van der Waals surface area contributed by atoms with Crippen LogP contribution in [0.5, 0.6) is 5.75 Å². The number of anilines is 1. The Morgan fingerprint density at radius 1 is 1.05 bits per heavy atom. The van der Waals surface area contributed by atoms with E-state index in [4.69, 9.17) is 4.74 Å². The number of para-hydroxylation sites is 1. The van der Waals surface area contributed by atoms with Gasteiger partial charge in [0.25, 0.3) is 10.0 Å². The first-order valence-corrected chi connectivity index (χ1v) is 8.56. The maximum absolute atomic E-state index is 13.0. The van der Waals surface area contributed by atoms with Gasteiger partial charge in [0.15, 0.2) is 0 Å². The highest BCUT2D eigenvalue weighted by Gasteiger charge is 2.40. The van der Waals surface area contributed by atoms with E-state index >= 15 is 0 Å². The molecular formula is C17H19NO3S. The fourth-order valence-corrected chi connectivity index (χ4v) is 4.53. The maximum atomic E-state index is 13.0. The number of hydrogen-bond acceptors (Lipinski definition) is 3. The molecule has 2 aromatic carbocycles. The third-order valence-electron chi connectivity index (χ3n) is 4.09. The zero-order valence-corrected chi connectivity index (χ0v) is 13.7. The van der Waals surface area contributed by atoms with E-state index in [2.05, 4.69) is 13.8 Å². The van der Waals surface area contributed by atoms with Crippen molar-refractivity contribution in [3.8, 4) is 5.75 Å². The van der Waals surface area contributed by atoms with Crippen molar-refractivity contribution in [1.29, 1.82) is 0 Å². The van der Waals surface area contributed by atoms with E-state index in [0.717, 1.165) is 11.3 Å². The van der Waals surface area contributed by atoms with Crippen LogP contribution >= 0.6 is 0 Å². The number of fused-ring (bicyclic) bond motifs is 1. The SMILES string of the molecule is COc1ccc(S(=O)(=O)N2CC(C)(C)c3ccccc32)cc1. The van der Waals surface area contributed by atoms with Crippen LogP contribution in [0, 0.1) is 0 Å². The van der Waals surface area contributed by atoms with Crippen molar-refractivity contribution in [1.82, 2.24) is 0 Å². The normalized spacial score (nSPS) is 16.4. The van der Waals surface area contributed by atoms with Crippen molar-refractivity contribution in [2.75, 3.05) is 18.0 Å². The van der Waals surface area contributed by atoms with Crippen LogP contribution in [0.2, 0.25) is 0 Å². The third kappa shape index (κ3) is 2.25. The van der Waals surface area contributed by atoms with E-state index in [-0.39, 0.29) is 10.3 Å². The lowest BCUT2D eigenvalue weighted by Crippen LogP contribution is -2.33. The summed E-state index contributed by atoms with van der Waals surface area (Å²) in [6, 6.07) is 14.2. The topological polar surface area (TPSA) is 46.6 Å². The number of sulfonamides is 1. The molecule has 0 saturated carbocycles. The van der Waals surface area contributed by atoms with Crippen molar-refractivity contribution in [3.63, 3.8) is 0 Å². The van der Waals surface area contributed by atoms with Crippen LogP contribution < -0.4 is 9.04 Å². The van der Waals surface area contributed by atoms with E-state index < -0.39 is 10.0 Å². The quantitative estimate of drug-likeness (QED) is 0.873. The average Bonchev–Trinajstić information content (AvgIpc) is 2.80. The summed E-state index contributed by atoms with van der Waals surface area (Å²) in [7, 11) is -2.01. The molecule has 2 aromatic rings. The summed E-state index contributed by atoms with van der Waals surface area (Å²) in [5, 5.41) is 0. The fraction of sp³-hybridized carbons (Fsp3) is 0.294. The predicted octanol–water partition coefficient (Wildman–Crippen LogP) is 3.18.